The smallest absolute Gasteiger partial charge is 0.157 e. The van der Waals surface area contributed by atoms with Gasteiger partial charge in [-0.15, -0.1) is 0 Å². The van der Waals surface area contributed by atoms with Crippen LogP contribution in [0.25, 0.3) is 0 Å². The number of ether oxygens (including phenoxy) is 1. The van der Waals surface area contributed by atoms with E-state index in [1.807, 2.05) is 37.4 Å². The van der Waals surface area contributed by atoms with Crippen LogP contribution in [0, 0.1) is 0 Å². The van der Waals surface area contributed by atoms with Crippen LogP contribution in [-0.2, 0) is 6.42 Å². The van der Waals surface area contributed by atoms with Gasteiger partial charge in [0.1, 0.15) is 11.6 Å². The van der Waals surface area contributed by atoms with Gasteiger partial charge in [-0.2, -0.15) is 5.10 Å². The van der Waals surface area contributed by atoms with Crippen LogP contribution in [0.5, 0.6) is 5.75 Å². The molecule has 3 N–H and O–H groups in total. The summed E-state index contributed by atoms with van der Waals surface area (Å²) in [5.74, 6) is 2.15. The summed E-state index contributed by atoms with van der Waals surface area (Å²) in [5.41, 5.74) is 8.59. The number of hydrogen-bond donors (Lipinski definition) is 2. The molecular weight excluding hydrogens is 378 g/mol. The maximum atomic E-state index is 6.09. The molecule has 0 atom stereocenters. The molecule has 0 aliphatic carbocycles. The monoisotopic (exact) mass is 407 g/mol. The molecule has 0 unspecified atom stereocenters. The lowest BCUT2D eigenvalue weighted by atomic mass is 10.1. The summed E-state index contributed by atoms with van der Waals surface area (Å²) in [7, 11) is 2.17. The van der Waals surface area contributed by atoms with E-state index in [0.29, 0.717) is 36.4 Å². The molecule has 1 aliphatic heterocycles. The molecule has 1 aromatic carbocycles. The summed E-state index contributed by atoms with van der Waals surface area (Å²) in [6, 6.07) is 8.19. The molecule has 0 bridgehead atoms. The Labute approximate surface area is 177 Å². The Morgan fingerprint density at radius 1 is 1.17 bits per heavy atom. The summed E-state index contributed by atoms with van der Waals surface area (Å²) in [6.07, 6.45) is 8.57. The first-order chi connectivity index (χ1) is 14.6. The van der Waals surface area contributed by atoms with Crippen LogP contribution in [0.2, 0.25) is 0 Å². The molecule has 3 aromatic rings. The van der Waals surface area contributed by atoms with E-state index in [9.17, 15) is 0 Å². The van der Waals surface area contributed by atoms with Crippen LogP contribution in [0.4, 0.5) is 17.2 Å². The van der Waals surface area contributed by atoms with Crippen molar-refractivity contribution >= 4 is 17.2 Å². The number of nitrogens with one attached hydrogen (secondary N) is 1. The molecule has 3 heterocycles. The Bertz CT molecular complexity index is 962. The van der Waals surface area contributed by atoms with E-state index in [4.69, 9.17) is 10.5 Å². The zero-order valence-corrected chi connectivity index (χ0v) is 17.6. The van der Waals surface area contributed by atoms with Gasteiger partial charge in [0, 0.05) is 18.3 Å². The molecule has 1 aliphatic rings. The van der Waals surface area contributed by atoms with Gasteiger partial charge in [0.2, 0.25) is 0 Å². The molecule has 1 saturated heterocycles. The Hall–Kier alpha value is -3.13. The zero-order chi connectivity index (χ0) is 20.9. The Balaban J connectivity index is 1.43. The van der Waals surface area contributed by atoms with Crippen molar-refractivity contribution in [1.82, 2.24) is 24.6 Å². The average Bonchev–Trinajstić information content (AvgIpc) is 3.21. The van der Waals surface area contributed by atoms with Crippen LogP contribution in [0.1, 0.15) is 37.2 Å². The van der Waals surface area contributed by atoms with Crippen molar-refractivity contribution in [1.29, 1.82) is 0 Å². The second-order valence-electron chi connectivity index (χ2n) is 7.71. The predicted molar refractivity (Wildman–Crippen MR) is 118 cm³/mol. The van der Waals surface area contributed by atoms with Crippen molar-refractivity contribution in [3.05, 3.63) is 54.2 Å². The third kappa shape index (κ3) is 4.88. The first-order valence-corrected chi connectivity index (χ1v) is 10.4. The maximum absolute atomic E-state index is 6.09. The van der Waals surface area contributed by atoms with Crippen LogP contribution in [0.15, 0.2) is 42.9 Å². The van der Waals surface area contributed by atoms with Gasteiger partial charge in [0.25, 0.3) is 0 Å². The van der Waals surface area contributed by atoms with Gasteiger partial charge in [-0.1, -0.05) is 0 Å². The summed E-state index contributed by atoms with van der Waals surface area (Å²) < 4.78 is 7.58. The fourth-order valence-corrected chi connectivity index (χ4v) is 3.66. The number of hydrogen-bond acceptors (Lipinski definition) is 7. The maximum Gasteiger partial charge on any atom is 0.157 e. The highest BCUT2D eigenvalue weighted by Crippen LogP contribution is 2.24. The van der Waals surface area contributed by atoms with Gasteiger partial charge in [-0.25, -0.2) is 9.97 Å². The fraction of sp³-hybridized carbons (Fsp3) is 0.409. The molecule has 8 heteroatoms. The van der Waals surface area contributed by atoms with Crippen LogP contribution in [0.3, 0.4) is 0 Å². The second-order valence-corrected chi connectivity index (χ2v) is 7.71. The molecule has 8 nitrogen and oxygen atoms in total. The number of benzene rings is 1. The summed E-state index contributed by atoms with van der Waals surface area (Å²) >= 11 is 0. The molecule has 0 saturated carbocycles. The number of rotatable bonds is 7. The molecule has 0 spiro atoms. The molecule has 2 aromatic heterocycles. The number of aromatic nitrogens is 4. The van der Waals surface area contributed by atoms with Gasteiger partial charge in [0.15, 0.2) is 5.82 Å². The van der Waals surface area contributed by atoms with Gasteiger partial charge >= 0.3 is 0 Å². The predicted octanol–water partition coefficient (Wildman–Crippen LogP) is 3.26. The van der Waals surface area contributed by atoms with Crippen molar-refractivity contribution in [3.63, 3.8) is 0 Å². The normalized spacial score (nSPS) is 15.3. The van der Waals surface area contributed by atoms with E-state index in [2.05, 4.69) is 43.2 Å². The van der Waals surface area contributed by atoms with Crippen molar-refractivity contribution < 1.29 is 4.74 Å². The number of nitrogens with zero attached hydrogens (tertiary/aromatic N) is 5. The van der Waals surface area contributed by atoms with E-state index in [1.54, 1.807) is 6.20 Å². The summed E-state index contributed by atoms with van der Waals surface area (Å²) in [5, 5.41) is 7.85. The van der Waals surface area contributed by atoms with E-state index in [1.165, 1.54) is 0 Å². The topological polar surface area (TPSA) is 94.1 Å². The Kier molecular flexibility index (Phi) is 6.13. The largest absolute Gasteiger partial charge is 0.494 e. The first kappa shape index (κ1) is 20.2. The lowest BCUT2D eigenvalue weighted by Gasteiger charge is -2.28. The third-order valence-corrected chi connectivity index (χ3v) is 5.37. The molecular formula is C22H29N7O. The van der Waals surface area contributed by atoms with E-state index >= 15 is 0 Å². The summed E-state index contributed by atoms with van der Waals surface area (Å²) in [6.45, 7) is 4.83. The third-order valence-electron chi connectivity index (χ3n) is 5.37. The highest BCUT2D eigenvalue weighted by molar-refractivity contribution is 5.68. The minimum absolute atomic E-state index is 0.471. The van der Waals surface area contributed by atoms with Gasteiger partial charge in [-0.3, -0.25) is 4.68 Å². The van der Waals surface area contributed by atoms with E-state index < -0.39 is 0 Å². The lowest BCUT2D eigenvalue weighted by Crippen LogP contribution is -2.31. The number of anilines is 3. The SMILES string of the molecule is CCOc1ccc(Nc2nc(Cc3cnn(C4CCN(C)CC4)c3)ncc2N)cc1. The molecule has 4 rings (SSSR count). The van der Waals surface area contributed by atoms with Gasteiger partial charge in [0.05, 0.1) is 30.7 Å². The molecule has 1 fully saturated rings. The lowest BCUT2D eigenvalue weighted by molar-refractivity contribution is 0.212. The number of nitrogens with two attached hydrogens (primary N) is 1. The van der Waals surface area contributed by atoms with Gasteiger partial charge in [-0.05, 0) is 69.7 Å². The standard InChI is InChI=1S/C22H29N7O/c1-3-30-19-6-4-17(5-7-19)26-22-20(23)14-24-21(27-22)12-16-13-25-29(15-16)18-8-10-28(2)11-9-18/h4-7,13-15,18H,3,8-12,23H2,1-2H3,(H,24,26,27). The Morgan fingerprint density at radius 3 is 2.67 bits per heavy atom. The summed E-state index contributed by atoms with van der Waals surface area (Å²) in [4.78, 5) is 11.4. The van der Waals surface area contributed by atoms with Crippen LogP contribution < -0.4 is 15.8 Å². The van der Waals surface area contributed by atoms with Crippen molar-refractivity contribution in [3.8, 4) is 5.75 Å². The first-order valence-electron chi connectivity index (χ1n) is 10.4. The number of piperidine rings is 1. The average molecular weight is 408 g/mol. The zero-order valence-electron chi connectivity index (χ0n) is 17.6. The van der Waals surface area contributed by atoms with Crippen LogP contribution in [-0.4, -0.2) is 51.4 Å². The highest BCUT2D eigenvalue weighted by Gasteiger charge is 2.19. The number of likely N-dealkylation sites (tertiary alicyclic amines) is 1. The quantitative estimate of drug-likeness (QED) is 0.621. The van der Waals surface area contributed by atoms with Gasteiger partial charge < -0.3 is 20.7 Å². The minimum Gasteiger partial charge on any atom is -0.494 e. The minimum atomic E-state index is 0.471. The van der Waals surface area contributed by atoms with Crippen molar-refractivity contribution in [2.24, 2.45) is 0 Å². The second kappa shape index (κ2) is 9.13. The van der Waals surface area contributed by atoms with E-state index in [-0.39, 0.29) is 0 Å². The molecule has 30 heavy (non-hydrogen) atoms. The van der Waals surface area contributed by atoms with Crippen molar-refractivity contribution in [2.45, 2.75) is 32.2 Å². The number of nitrogen functional groups attached to an aromatic ring is 1. The molecule has 0 amide bonds. The Morgan fingerprint density at radius 2 is 1.93 bits per heavy atom. The highest BCUT2D eigenvalue weighted by atomic mass is 16.5. The fourth-order valence-electron chi connectivity index (χ4n) is 3.66. The van der Waals surface area contributed by atoms with E-state index in [0.717, 1.165) is 42.9 Å². The van der Waals surface area contributed by atoms with Crippen LogP contribution >= 0.6 is 0 Å². The molecule has 0 radical (unpaired) electrons. The molecule has 158 valence electrons. The van der Waals surface area contributed by atoms with Crippen molar-refractivity contribution in [2.75, 3.05) is 37.8 Å².